The zero-order valence-electron chi connectivity index (χ0n) is 18.0. The fourth-order valence-corrected chi connectivity index (χ4v) is 2.98. The van der Waals surface area contributed by atoms with E-state index in [9.17, 15) is 9.59 Å². The Morgan fingerprint density at radius 2 is 1.00 bits per heavy atom. The molecule has 2 aromatic carbocycles. The molecule has 0 fully saturated rings. The van der Waals surface area contributed by atoms with E-state index in [-0.39, 0.29) is 11.8 Å². The van der Waals surface area contributed by atoms with Gasteiger partial charge in [-0.1, -0.05) is 36.4 Å². The monoisotopic (exact) mass is 448 g/mol. The predicted molar refractivity (Wildman–Crippen MR) is 130 cm³/mol. The number of carbonyl (C=O) groups excluding carboxylic acids is 2. The zero-order chi connectivity index (χ0) is 23.6. The molecule has 0 saturated carbocycles. The first-order valence-corrected chi connectivity index (χ1v) is 10.4. The lowest BCUT2D eigenvalue weighted by atomic mass is 10.0. The Hall–Kier alpha value is -4.98. The van der Waals surface area contributed by atoms with Crippen molar-refractivity contribution in [2.24, 2.45) is 10.2 Å². The van der Waals surface area contributed by atoms with Crippen molar-refractivity contribution in [3.8, 4) is 11.1 Å². The van der Waals surface area contributed by atoms with Crippen molar-refractivity contribution in [1.29, 1.82) is 0 Å². The minimum Gasteiger partial charge on any atom is -0.267 e. The molecule has 2 aromatic heterocycles. The van der Waals surface area contributed by atoms with E-state index in [0.717, 1.165) is 11.1 Å². The van der Waals surface area contributed by atoms with Crippen molar-refractivity contribution < 1.29 is 9.59 Å². The summed E-state index contributed by atoms with van der Waals surface area (Å²) in [6.07, 6.45) is 6.26. The summed E-state index contributed by atoms with van der Waals surface area (Å²) < 4.78 is 0. The number of amides is 2. The van der Waals surface area contributed by atoms with Crippen LogP contribution in [0.15, 0.2) is 108 Å². The van der Waals surface area contributed by atoms with Crippen molar-refractivity contribution in [3.63, 3.8) is 0 Å². The molecule has 0 atom stereocenters. The van der Waals surface area contributed by atoms with E-state index in [2.05, 4.69) is 31.0 Å². The molecule has 8 nitrogen and oxygen atoms in total. The third-order valence-corrected chi connectivity index (χ3v) is 4.73. The van der Waals surface area contributed by atoms with E-state index < -0.39 is 0 Å². The summed E-state index contributed by atoms with van der Waals surface area (Å²) in [5.41, 5.74) is 9.04. The van der Waals surface area contributed by atoms with Crippen LogP contribution in [0.25, 0.3) is 11.1 Å². The van der Waals surface area contributed by atoms with Gasteiger partial charge in [0.2, 0.25) is 0 Å². The third-order valence-electron chi connectivity index (χ3n) is 4.73. The standard InChI is InChI=1S/C26H20N6O2/c33-25(31-29-17-23-5-1-3-15-27-23)21-11-7-19(8-12-21)20-9-13-22(14-10-20)26(34)32-30-18-24-6-2-4-16-28-24/h1-18H,(H,31,33)(H,32,34)/b29-17+,30-18+. The number of hydrogen-bond donors (Lipinski definition) is 2. The second-order valence-corrected chi connectivity index (χ2v) is 7.06. The largest absolute Gasteiger partial charge is 0.271 e. The van der Waals surface area contributed by atoms with E-state index in [4.69, 9.17) is 0 Å². The minimum atomic E-state index is -0.322. The Bertz CT molecular complexity index is 1200. The molecular weight excluding hydrogens is 428 g/mol. The predicted octanol–water partition coefficient (Wildman–Crippen LogP) is 3.67. The molecule has 2 heterocycles. The number of rotatable bonds is 7. The molecule has 0 aliphatic rings. The summed E-state index contributed by atoms with van der Waals surface area (Å²) in [6, 6.07) is 25.1. The SMILES string of the molecule is O=C(N/N=C/c1ccccn1)c1ccc(-c2ccc(C(=O)N/N=C/c3ccccn3)cc2)cc1. The highest BCUT2D eigenvalue weighted by Gasteiger charge is 2.07. The Kier molecular flexibility index (Phi) is 7.22. The number of nitrogens with zero attached hydrogens (tertiary/aromatic N) is 4. The maximum absolute atomic E-state index is 12.3. The van der Waals surface area contributed by atoms with Gasteiger partial charge in [0.15, 0.2) is 0 Å². The normalized spacial score (nSPS) is 10.9. The lowest BCUT2D eigenvalue weighted by molar-refractivity contribution is 0.0947. The molecule has 34 heavy (non-hydrogen) atoms. The summed E-state index contributed by atoms with van der Waals surface area (Å²) in [5.74, 6) is -0.644. The molecule has 0 bridgehead atoms. The molecule has 0 aliphatic heterocycles. The first kappa shape index (κ1) is 22.2. The highest BCUT2D eigenvalue weighted by Crippen LogP contribution is 2.20. The Labute approximate surface area is 196 Å². The van der Waals surface area contributed by atoms with Gasteiger partial charge >= 0.3 is 0 Å². The summed E-state index contributed by atoms with van der Waals surface area (Å²) in [6.45, 7) is 0. The summed E-state index contributed by atoms with van der Waals surface area (Å²) in [4.78, 5) is 32.8. The van der Waals surface area contributed by atoms with Crippen molar-refractivity contribution in [3.05, 3.63) is 120 Å². The smallest absolute Gasteiger partial charge is 0.267 e. The van der Waals surface area contributed by atoms with Crippen molar-refractivity contribution in [1.82, 2.24) is 20.8 Å². The topological polar surface area (TPSA) is 109 Å². The number of hydrazone groups is 2. The molecule has 4 aromatic rings. The Morgan fingerprint density at radius 3 is 1.35 bits per heavy atom. The maximum atomic E-state index is 12.3. The van der Waals surface area contributed by atoms with E-state index in [1.165, 1.54) is 12.4 Å². The molecule has 2 N–H and O–H groups in total. The van der Waals surface area contributed by atoms with Gasteiger partial charge in [-0.25, -0.2) is 10.9 Å². The second-order valence-electron chi connectivity index (χ2n) is 7.06. The first-order chi connectivity index (χ1) is 16.7. The molecule has 2 amide bonds. The molecule has 0 saturated heterocycles. The number of aromatic nitrogens is 2. The molecular formula is C26H20N6O2. The minimum absolute atomic E-state index is 0.322. The number of nitrogens with one attached hydrogen (secondary N) is 2. The molecule has 0 radical (unpaired) electrons. The van der Waals surface area contributed by atoms with Crippen LogP contribution in [0.5, 0.6) is 0 Å². The highest BCUT2D eigenvalue weighted by atomic mass is 16.2. The van der Waals surface area contributed by atoms with Crippen LogP contribution < -0.4 is 10.9 Å². The van der Waals surface area contributed by atoms with Crippen molar-refractivity contribution in [2.45, 2.75) is 0 Å². The van der Waals surface area contributed by atoms with Crippen LogP contribution in [-0.4, -0.2) is 34.2 Å². The van der Waals surface area contributed by atoms with Crippen molar-refractivity contribution in [2.75, 3.05) is 0 Å². The van der Waals surface area contributed by atoms with E-state index in [1.807, 2.05) is 36.4 Å². The van der Waals surface area contributed by atoms with E-state index in [1.54, 1.807) is 60.9 Å². The molecule has 8 heteroatoms. The van der Waals surface area contributed by atoms with Crippen LogP contribution in [0.2, 0.25) is 0 Å². The number of benzene rings is 2. The molecule has 0 spiro atoms. The number of pyridine rings is 2. The average Bonchev–Trinajstić information content (AvgIpc) is 2.90. The summed E-state index contributed by atoms with van der Waals surface area (Å²) >= 11 is 0. The van der Waals surface area contributed by atoms with Gasteiger partial charge in [-0.15, -0.1) is 0 Å². The van der Waals surface area contributed by atoms with Gasteiger partial charge in [0, 0.05) is 23.5 Å². The van der Waals surface area contributed by atoms with Gasteiger partial charge in [0.25, 0.3) is 11.8 Å². The highest BCUT2D eigenvalue weighted by molar-refractivity contribution is 5.96. The van der Waals surface area contributed by atoms with Gasteiger partial charge < -0.3 is 0 Å². The molecule has 0 aliphatic carbocycles. The molecule has 166 valence electrons. The summed E-state index contributed by atoms with van der Waals surface area (Å²) in [5, 5.41) is 7.85. The van der Waals surface area contributed by atoms with Crippen LogP contribution in [0.4, 0.5) is 0 Å². The Morgan fingerprint density at radius 1 is 0.588 bits per heavy atom. The van der Waals surface area contributed by atoms with Gasteiger partial charge in [-0.3, -0.25) is 19.6 Å². The quantitative estimate of drug-likeness (QED) is 0.332. The zero-order valence-corrected chi connectivity index (χ0v) is 18.0. The second kappa shape index (κ2) is 11.1. The summed E-state index contributed by atoms with van der Waals surface area (Å²) in [7, 11) is 0. The van der Waals surface area contributed by atoms with Crippen LogP contribution in [0.1, 0.15) is 32.1 Å². The fraction of sp³-hybridized carbons (Fsp3) is 0. The van der Waals surface area contributed by atoms with Crippen LogP contribution in [0.3, 0.4) is 0 Å². The van der Waals surface area contributed by atoms with E-state index in [0.29, 0.717) is 22.5 Å². The van der Waals surface area contributed by atoms with Gasteiger partial charge in [0.1, 0.15) is 0 Å². The fourth-order valence-electron chi connectivity index (χ4n) is 2.98. The first-order valence-electron chi connectivity index (χ1n) is 10.4. The third kappa shape index (κ3) is 6.04. The van der Waals surface area contributed by atoms with Gasteiger partial charge in [-0.05, 0) is 59.7 Å². The number of carbonyl (C=O) groups is 2. The van der Waals surface area contributed by atoms with Crippen LogP contribution >= 0.6 is 0 Å². The van der Waals surface area contributed by atoms with Gasteiger partial charge in [0.05, 0.1) is 23.8 Å². The molecule has 4 rings (SSSR count). The molecule has 0 unspecified atom stereocenters. The number of hydrogen-bond acceptors (Lipinski definition) is 6. The Balaban J connectivity index is 1.33. The van der Waals surface area contributed by atoms with Crippen LogP contribution in [0, 0.1) is 0 Å². The van der Waals surface area contributed by atoms with Crippen LogP contribution in [-0.2, 0) is 0 Å². The van der Waals surface area contributed by atoms with Gasteiger partial charge in [-0.2, -0.15) is 10.2 Å². The average molecular weight is 448 g/mol. The lowest BCUT2D eigenvalue weighted by Gasteiger charge is -2.05. The van der Waals surface area contributed by atoms with E-state index >= 15 is 0 Å². The van der Waals surface area contributed by atoms with Crippen molar-refractivity contribution >= 4 is 24.2 Å². The maximum Gasteiger partial charge on any atom is 0.271 e. The lowest BCUT2D eigenvalue weighted by Crippen LogP contribution is -2.17.